The van der Waals surface area contributed by atoms with Crippen LogP contribution in [0, 0.1) is 0 Å². The fourth-order valence-corrected chi connectivity index (χ4v) is 2.59. The molecule has 140 valence electrons. The van der Waals surface area contributed by atoms with Gasteiger partial charge < -0.3 is 20.4 Å². The number of amides is 1. The van der Waals surface area contributed by atoms with Crippen LogP contribution >= 0.6 is 24.0 Å². The van der Waals surface area contributed by atoms with Crippen molar-refractivity contribution in [2.45, 2.75) is 26.3 Å². The lowest BCUT2D eigenvalue weighted by molar-refractivity contribution is -0.121. The molecule has 0 spiro atoms. The lowest BCUT2D eigenvalue weighted by atomic mass is 10.3. The summed E-state index contributed by atoms with van der Waals surface area (Å²) in [7, 11) is 1.77. The molecule has 0 saturated carbocycles. The van der Waals surface area contributed by atoms with E-state index in [2.05, 4.69) is 35.4 Å². The molecule has 25 heavy (non-hydrogen) atoms. The Kier molecular flexibility index (Phi) is 9.46. The fourth-order valence-electron chi connectivity index (χ4n) is 2.59. The van der Waals surface area contributed by atoms with E-state index in [4.69, 9.17) is 0 Å². The van der Waals surface area contributed by atoms with Crippen LogP contribution in [-0.4, -0.2) is 72.5 Å². The second-order valence-electron chi connectivity index (χ2n) is 5.97. The van der Waals surface area contributed by atoms with Gasteiger partial charge >= 0.3 is 0 Å². The number of hydrogen-bond acceptors (Lipinski definition) is 5. The quantitative estimate of drug-likeness (QED) is 0.382. The second kappa shape index (κ2) is 11.1. The minimum absolute atomic E-state index is 0. The molecule has 1 saturated heterocycles. The lowest BCUT2D eigenvalue weighted by Crippen LogP contribution is -2.53. The summed E-state index contributed by atoms with van der Waals surface area (Å²) in [6.45, 7) is 7.87. The average Bonchev–Trinajstić information content (AvgIpc) is 2.59. The van der Waals surface area contributed by atoms with Crippen molar-refractivity contribution in [3.63, 3.8) is 0 Å². The van der Waals surface area contributed by atoms with Crippen LogP contribution in [0.15, 0.2) is 23.5 Å². The molecule has 0 radical (unpaired) electrons. The molecule has 2 N–H and O–H groups in total. The van der Waals surface area contributed by atoms with Crippen LogP contribution < -0.4 is 15.5 Å². The van der Waals surface area contributed by atoms with Crippen LogP contribution in [0.3, 0.4) is 0 Å². The maximum atomic E-state index is 11.7. The molecule has 1 aromatic rings. The topological polar surface area (TPSA) is 85.8 Å². The number of rotatable bonds is 5. The van der Waals surface area contributed by atoms with E-state index in [0.29, 0.717) is 13.0 Å². The van der Waals surface area contributed by atoms with Gasteiger partial charge in [0.05, 0.1) is 0 Å². The minimum atomic E-state index is 0. The summed E-state index contributed by atoms with van der Waals surface area (Å²) < 4.78 is 0. The highest BCUT2D eigenvalue weighted by molar-refractivity contribution is 14.0. The van der Waals surface area contributed by atoms with Gasteiger partial charge in [0, 0.05) is 64.6 Å². The Morgan fingerprint density at radius 2 is 1.88 bits per heavy atom. The molecule has 0 atom stereocenters. The largest absolute Gasteiger partial charge is 0.356 e. The zero-order valence-corrected chi connectivity index (χ0v) is 17.4. The molecule has 0 aliphatic carbocycles. The molecular weight excluding hydrogens is 433 g/mol. The molecule has 9 heteroatoms. The Bertz CT molecular complexity index is 545. The molecule has 2 heterocycles. The summed E-state index contributed by atoms with van der Waals surface area (Å²) in [5.74, 6) is 1.66. The predicted molar refractivity (Wildman–Crippen MR) is 110 cm³/mol. The molecule has 0 bridgehead atoms. The summed E-state index contributed by atoms with van der Waals surface area (Å²) in [6, 6.07) is 1.99. The maximum absolute atomic E-state index is 11.7. The van der Waals surface area contributed by atoms with E-state index in [9.17, 15) is 4.79 Å². The van der Waals surface area contributed by atoms with Crippen molar-refractivity contribution < 1.29 is 4.79 Å². The summed E-state index contributed by atoms with van der Waals surface area (Å²) in [5, 5.41) is 6.15. The Morgan fingerprint density at radius 1 is 1.24 bits per heavy atom. The van der Waals surface area contributed by atoms with E-state index < -0.39 is 0 Å². The molecule has 1 aliphatic rings. The third-order valence-electron chi connectivity index (χ3n) is 3.71. The number of halogens is 1. The van der Waals surface area contributed by atoms with Crippen molar-refractivity contribution in [2.24, 2.45) is 4.99 Å². The SMILES string of the molecule is CN=C(NCCC(=O)NC(C)C)N1CCN(c2ncccn2)CC1.I. The third kappa shape index (κ3) is 7.00. The number of piperazine rings is 1. The Labute approximate surface area is 166 Å². The van der Waals surface area contributed by atoms with Crippen molar-refractivity contribution >= 4 is 41.8 Å². The van der Waals surface area contributed by atoms with Crippen molar-refractivity contribution in [1.82, 2.24) is 25.5 Å². The number of anilines is 1. The van der Waals surface area contributed by atoms with E-state index in [1.165, 1.54) is 0 Å². The lowest BCUT2D eigenvalue weighted by Gasteiger charge is -2.36. The molecule has 0 unspecified atom stereocenters. The first-order chi connectivity index (χ1) is 11.6. The minimum Gasteiger partial charge on any atom is -0.356 e. The second-order valence-corrected chi connectivity index (χ2v) is 5.97. The Morgan fingerprint density at radius 3 is 2.44 bits per heavy atom. The summed E-state index contributed by atoms with van der Waals surface area (Å²) in [5.41, 5.74) is 0. The first kappa shape index (κ1) is 21.4. The molecule has 8 nitrogen and oxygen atoms in total. The molecule has 2 rings (SSSR count). The highest BCUT2D eigenvalue weighted by Crippen LogP contribution is 2.09. The molecule has 1 aliphatic heterocycles. The van der Waals surface area contributed by atoms with Crippen molar-refractivity contribution in [2.75, 3.05) is 44.7 Å². The summed E-state index contributed by atoms with van der Waals surface area (Å²) >= 11 is 0. The number of nitrogens with one attached hydrogen (secondary N) is 2. The number of aliphatic imine (C=N–C) groups is 1. The Balaban J connectivity index is 0.00000312. The number of carbonyl (C=O) groups is 1. The van der Waals surface area contributed by atoms with Crippen LogP contribution in [-0.2, 0) is 4.79 Å². The van der Waals surface area contributed by atoms with Gasteiger partial charge in [-0.25, -0.2) is 9.97 Å². The van der Waals surface area contributed by atoms with Gasteiger partial charge in [0.25, 0.3) is 0 Å². The van der Waals surface area contributed by atoms with Gasteiger partial charge in [-0.3, -0.25) is 9.79 Å². The molecular formula is C16H28IN7O. The van der Waals surface area contributed by atoms with Gasteiger partial charge in [-0.1, -0.05) is 0 Å². The highest BCUT2D eigenvalue weighted by atomic mass is 127. The van der Waals surface area contributed by atoms with Crippen LogP contribution in [0.2, 0.25) is 0 Å². The third-order valence-corrected chi connectivity index (χ3v) is 3.71. The van der Waals surface area contributed by atoms with Crippen LogP contribution in [0.5, 0.6) is 0 Å². The average molecular weight is 461 g/mol. The van der Waals surface area contributed by atoms with Gasteiger partial charge in [0.2, 0.25) is 11.9 Å². The number of nitrogens with zero attached hydrogens (tertiary/aromatic N) is 5. The van der Waals surface area contributed by atoms with Gasteiger partial charge in [0.15, 0.2) is 5.96 Å². The highest BCUT2D eigenvalue weighted by Gasteiger charge is 2.21. The number of aromatic nitrogens is 2. The molecule has 1 aromatic heterocycles. The van der Waals surface area contributed by atoms with E-state index in [1.807, 2.05) is 19.9 Å². The number of carbonyl (C=O) groups excluding carboxylic acids is 1. The zero-order chi connectivity index (χ0) is 17.4. The number of hydrogen-bond donors (Lipinski definition) is 2. The predicted octanol–water partition coefficient (Wildman–Crippen LogP) is 0.707. The first-order valence-electron chi connectivity index (χ1n) is 8.37. The van der Waals surface area contributed by atoms with Crippen molar-refractivity contribution in [3.8, 4) is 0 Å². The zero-order valence-electron chi connectivity index (χ0n) is 15.1. The van der Waals surface area contributed by atoms with Gasteiger partial charge in [-0.05, 0) is 19.9 Å². The first-order valence-corrected chi connectivity index (χ1v) is 8.37. The maximum Gasteiger partial charge on any atom is 0.225 e. The molecule has 0 aromatic carbocycles. The van der Waals surface area contributed by atoms with Crippen molar-refractivity contribution in [3.05, 3.63) is 18.5 Å². The normalized spacial score (nSPS) is 15.0. The molecule has 1 amide bonds. The van der Waals surface area contributed by atoms with Gasteiger partial charge in [-0.2, -0.15) is 0 Å². The van der Waals surface area contributed by atoms with E-state index in [0.717, 1.165) is 38.1 Å². The monoisotopic (exact) mass is 461 g/mol. The smallest absolute Gasteiger partial charge is 0.225 e. The Hall–Kier alpha value is -1.65. The fraction of sp³-hybridized carbons (Fsp3) is 0.625. The van der Waals surface area contributed by atoms with Crippen LogP contribution in [0.25, 0.3) is 0 Å². The van der Waals surface area contributed by atoms with Gasteiger partial charge in [0.1, 0.15) is 0 Å². The standard InChI is InChI=1S/C16H27N7O.HI/c1-13(2)21-14(24)5-8-20-15(17-3)22-9-11-23(12-10-22)16-18-6-4-7-19-16;/h4,6-7,13H,5,8-12H2,1-3H3,(H,17,20)(H,21,24);1H. The van der Waals surface area contributed by atoms with E-state index in [1.54, 1.807) is 19.4 Å². The summed E-state index contributed by atoms with van der Waals surface area (Å²) in [4.78, 5) is 28.9. The van der Waals surface area contributed by atoms with E-state index in [-0.39, 0.29) is 35.9 Å². The van der Waals surface area contributed by atoms with E-state index >= 15 is 0 Å². The number of guanidine groups is 1. The van der Waals surface area contributed by atoms with Crippen molar-refractivity contribution in [1.29, 1.82) is 0 Å². The molecule has 1 fully saturated rings. The van der Waals surface area contributed by atoms with Crippen LogP contribution in [0.1, 0.15) is 20.3 Å². The summed E-state index contributed by atoms with van der Waals surface area (Å²) in [6.07, 6.45) is 3.96. The van der Waals surface area contributed by atoms with Gasteiger partial charge in [-0.15, -0.1) is 24.0 Å². The van der Waals surface area contributed by atoms with Crippen LogP contribution in [0.4, 0.5) is 5.95 Å².